The van der Waals surface area contributed by atoms with Gasteiger partial charge in [-0.2, -0.15) is 0 Å². The van der Waals surface area contributed by atoms with Crippen LogP contribution in [0.3, 0.4) is 0 Å². The second-order valence-electron chi connectivity index (χ2n) is 6.77. The molecule has 0 amide bonds. The van der Waals surface area contributed by atoms with E-state index in [-0.39, 0.29) is 0 Å². The zero-order valence-corrected chi connectivity index (χ0v) is 15.0. The molecule has 0 fully saturated rings. The first kappa shape index (κ1) is 19.1. The summed E-state index contributed by atoms with van der Waals surface area (Å²) in [5.41, 5.74) is 9.62. The third kappa shape index (κ3) is 8.46. The van der Waals surface area contributed by atoms with Gasteiger partial charge in [-0.1, -0.05) is 89.7 Å². The van der Waals surface area contributed by atoms with Crippen LogP contribution in [0.4, 0.5) is 5.69 Å². The van der Waals surface area contributed by atoms with E-state index in [0.717, 1.165) is 5.69 Å². The van der Waals surface area contributed by atoms with Gasteiger partial charge in [0.2, 0.25) is 0 Å². The van der Waals surface area contributed by atoms with Crippen molar-refractivity contribution >= 4 is 5.69 Å². The Bertz CT molecular complexity index is 383. The fourth-order valence-corrected chi connectivity index (χ4v) is 3.13. The SMILES string of the molecule is CCCCCCCCCCCCCCc1cccc(N)c1C. The molecule has 0 aliphatic carbocycles. The van der Waals surface area contributed by atoms with Crippen molar-refractivity contribution in [2.45, 2.75) is 97.3 Å². The number of nitrogen functional groups attached to an aromatic ring is 1. The molecular weight excluding hydrogens is 266 g/mol. The van der Waals surface area contributed by atoms with Crippen LogP contribution in [0.1, 0.15) is 95.1 Å². The van der Waals surface area contributed by atoms with E-state index in [1.807, 2.05) is 6.07 Å². The molecule has 0 heterocycles. The summed E-state index contributed by atoms with van der Waals surface area (Å²) in [6.45, 7) is 4.43. The number of benzene rings is 1. The predicted octanol–water partition coefficient (Wildman–Crippen LogP) is 6.82. The summed E-state index contributed by atoms with van der Waals surface area (Å²) in [5.74, 6) is 0. The summed E-state index contributed by atoms with van der Waals surface area (Å²) in [4.78, 5) is 0. The molecule has 0 atom stereocenters. The summed E-state index contributed by atoms with van der Waals surface area (Å²) >= 11 is 0. The largest absolute Gasteiger partial charge is 0.399 e. The molecule has 1 nitrogen and oxygen atoms in total. The van der Waals surface area contributed by atoms with Gasteiger partial charge >= 0.3 is 0 Å². The fraction of sp³-hybridized carbons (Fsp3) is 0.714. The second-order valence-corrected chi connectivity index (χ2v) is 6.77. The zero-order valence-electron chi connectivity index (χ0n) is 15.0. The Hall–Kier alpha value is -0.980. The first-order chi connectivity index (χ1) is 10.8. The van der Waals surface area contributed by atoms with Crippen molar-refractivity contribution in [2.24, 2.45) is 0 Å². The van der Waals surface area contributed by atoms with Crippen LogP contribution in [0.2, 0.25) is 0 Å². The molecule has 0 bridgehead atoms. The van der Waals surface area contributed by atoms with E-state index in [1.165, 1.54) is 94.6 Å². The Morgan fingerprint density at radius 3 is 1.77 bits per heavy atom. The lowest BCUT2D eigenvalue weighted by atomic mass is 10.00. The average molecular weight is 304 g/mol. The van der Waals surface area contributed by atoms with Crippen molar-refractivity contribution in [1.82, 2.24) is 0 Å². The molecule has 126 valence electrons. The summed E-state index contributed by atoms with van der Waals surface area (Å²) in [7, 11) is 0. The maximum Gasteiger partial charge on any atom is 0.0346 e. The lowest BCUT2D eigenvalue weighted by Crippen LogP contribution is -1.95. The summed E-state index contributed by atoms with van der Waals surface area (Å²) in [6, 6.07) is 6.31. The first-order valence-electron chi connectivity index (χ1n) is 9.59. The highest BCUT2D eigenvalue weighted by atomic mass is 14.6. The average Bonchev–Trinajstić information content (AvgIpc) is 2.52. The molecule has 1 aromatic rings. The van der Waals surface area contributed by atoms with Gasteiger partial charge in [-0.3, -0.25) is 0 Å². The number of unbranched alkanes of at least 4 members (excludes halogenated alkanes) is 11. The molecule has 22 heavy (non-hydrogen) atoms. The summed E-state index contributed by atoms with van der Waals surface area (Å²) in [5, 5.41) is 0. The molecule has 0 saturated carbocycles. The monoisotopic (exact) mass is 303 g/mol. The molecule has 0 unspecified atom stereocenters. The molecule has 0 aromatic heterocycles. The highest BCUT2D eigenvalue weighted by molar-refractivity contribution is 5.49. The molecule has 0 saturated heterocycles. The highest BCUT2D eigenvalue weighted by Crippen LogP contribution is 2.18. The van der Waals surface area contributed by atoms with Crippen molar-refractivity contribution < 1.29 is 0 Å². The Balaban J connectivity index is 1.90. The van der Waals surface area contributed by atoms with Crippen LogP contribution >= 0.6 is 0 Å². The number of nitrogens with two attached hydrogens (primary N) is 1. The normalized spacial score (nSPS) is 11.0. The van der Waals surface area contributed by atoms with Gasteiger partial charge in [0, 0.05) is 5.69 Å². The number of hydrogen-bond acceptors (Lipinski definition) is 1. The van der Waals surface area contributed by atoms with Crippen molar-refractivity contribution in [2.75, 3.05) is 5.73 Å². The Kier molecular flexibility index (Phi) is 10.9. The van der Waals surface area contributed by atoms with E-state index in [4.69, 9.17) is 5.73 Å². The number of aryl methyl sites for hydroxylation is 1. The van der Waals surface area contributed by atoms with Crippen LogP contribution in [0, 0.1) is 6.92 Å². The van der Waals surface area contributed by atoms with Gasteiger partial charge in [0.15, 0.2) is 0 Å². The molecule has 1 aromatic carbocycles. The van der Waals surface area contributed by atoms with E-state index in [0.29, 0.717) is 0 Å². The third-order valence-electron chi connectivity index (χ3n) is 4.79. The number of anilines is 1. The molecule has 1 rings (SSSR count). The molecule has 1 heteroatoms. The van der Waals surface area contributed by atoms with E-state index >= 15 is 0 Å². The topological polar surface area (TPSA) is 26.0 Å². The summed E-state index contributed by atoms with van der Waals surface area (Å²) < 4.78 is 0. The smallest absolute Gasteiger partial charge is 0.0346 e. The van der Waals surface area contributed by atoms with Crippen molar-refractivity contribution in [1.29, 1.82) is 0 Å². The molecule has 0 aliphatic rings. The summed E-state index contributed by atoms with van der Waals surface area (Å²) in [6.07, 6.45) is 18.1. The highest BCUT2D eigenvalue weighted by Gasteiger charge is 2.01. The number of hydrogen-bond donors (Lipinski definition) is 1. The Labute approximate surface area is 138 Å². The van der Waals surface area contributed by atoms with Crippen LogP contribution in [0.25, 0.3) is 0 Å². The minimum absolute atomic E-state index is 0.941. The van der Waals surface area contributed by atoms with Gasteiger partial charge in [0.25, 0.3) is 0 Å². The zero-order chi connectivity index (χ0) is 16.0. The standard InChI is InChI=1S/C21H37N/c1-3-4-5-6-7-8-9-10-11-12-13-14-16-20-17-15-18-21(22)19(20)2/h15,17-18H,3-14,16,22H2,1-2H3. The molecule has 0 radical (unpaired) electrons. The minimum atomic E-state index is 0.941. The van der Waals surface area contributed by atoms with Gasteiger partial charge in [-0.25, -0.2) is 0 Å². The Morgan fingerprint density at radius 2 is 1.23 bits per heavy atom. The minimum Gasteiger partial charge on any atom is -0.399 e. The van der Waals surface area contributed by atoms with E-state index < -0.39 is 0 Å². The van der Waals surface area contributed by atoms with Crippen LogP contribution in [-0.4, -0.2) is 0 Å². The van der Waals surface area contributed by atoms with Gasteiger partial charge in [0.05, 0.1) is 0 Å². The number of rotatable bonds is 13. The van der Waals surface area contributed by atoms with E-state index in [2.05, 4.69) is 26.0 Å². The van der Waals surface area contributed by atoms with Crippen molar-refractivity contribution in [3.8, 4) is 0 Å². The van der Waals surface area contributed by atoms with Crippen LogP contribution in [-0.2, 0) is 6.42 Å². The van der Waals surface area contributed by atoms with Crippen molar-refractivity contribution in [3.05, 3.63) is 29.3 Å². The fourth-order valence-electron chi connectivity index (χ4n) is 3.13. The van der Waals surface area contributed by atoms with Gasteiger partial charge in [-0.05, 0) is 37.0 Å². The molecule has 2 N–H and O–H groups in total. The molecule has 0 aliphatic heterocycles. The van der Waals surface area contributed by atoms with Gasteiger partial charge < -0.3 is 5.73 Å². The van der Waals surface area contributed by atoms with E-state index in [1.54, 1.807) is 0 Å². The third-order valence-corrected chi connectivity index (χ3v) is 4.79. The van der Waals surface area contributed by atoms with Crippen LogP contribution < -0.4 is 5.73 Å². The van der Waals surface area contributed by atoms with Gasteiger partial charge in [-0.15, -0.1) is 0 Å². The quantitative estimate of drug-likeness (QED) is 0.314. The maximum atomic E-state index is 5.96. The lowest BCUT2D eigenvalue weighted by molar-refractivity contribution is 0.544. The molecule has 0 spiro atoms. The van der Waals surface area contributed by atoms with Crippen molar-refractivity contribution in [3.63, 3.8) is 0 Å². The van der Waals surface area contributed by atoms with E-state index in [9.17, 15) is 0 Å². The second kappa shape index (κ2) is 12.6. The Morgan fingerprint density at radius 1 is 0.727 bits per heavy atom. The lowest BCUT2D eigenvalue weighted by Gasteiger charge is -2.08. The van der Waals surface area contributed by atoms with Crippen LogP contribution in [0.15, 0.2) is 18.2 Å². The maximum absolute atomic E-state index is 5.96. The first-order valence-corrected chi connectivity index (χ1v) is 9.59. The predicted molar refractivity (Wildman–Crippen MR) is 100 cm³/mol. The molecular formula is C21H37N. The van der Waals surface area contributed by atoms with Gasteiger partial charge in [0.1, 0.15) is 0 Å². The van der Waals surface area contributed by atoms with Crippen LogP contribution in [0.5, 0.6) is 0 Å².